The van der Waals surface area contributed by atoms with E-state index in [1.165, 1.54) is 0 Å². The zero-order valence-electron chi connectivity index (χ0n) is 12.6. The van der Waals surface area contributed by atoms with Crippen molar-refractivity contribution in [3.8, 4) is 21.9 Å². The number of carbonyl (C=O) groups excluding carboxylic acids is 1. The van der Waals surface area contributed by atoms with E-state index < -0.39 is 0 Å². The summed E-state index contributed by atoms with van der Waals surface area (Å²) in [5.41, 5.74) is 2.17. The Hall–Kier alpha value is -2.66. The molecule has 0 aliphatic carbocycles. The Labute approximate surface area is 138 Å². The average Bonchev–Trinajstić information content (AvgIpc) is 3.14. The van der Waals surface area contributed by atoms with Crippen LogP contribution in [-0.4, -0.2) is 18.4 Å². The molecule has 3 aromatic rings. The van der Waals surface area contributed by atoms with Crippen molar-refractivity contribution in [1.29, 1.82) is 0 Å². The van der Waals surface area contributed by atoms with Crippen molar-refractivity contribution in [2.45, 2.75) is 6.61 Å². The maximum atomic E-state index is 11.4. The van der Waals surface area contributed by atoms with Gasteiger partial charge in [0, 0.05) is 22.7 Å². The molecule has 0 radical (unpaired) electrons. The Balaban J connectivity index is 1.92. The van der Waals surface area contributed by atoms with Crippen LogP contribution in [0.5, 0.6) is 11.5 Å². The van der Waals surface area contributed by atoms with Gasteiger partial charge in [-0.25, -0.2) is 0 Å². The van der Waals surface area contributed by atoms with E-state index in [0.29, 0.717) is 23.7 Å². The highest BCUT2D eigenvalue weighted by Crippen LogP contribution is 2.37. The minimum Gasteiger partial charge on any atom is -0.496 e. The monoisotopic (exact) mass is 325 g/mol. The Bertz CT molecular complexity index is 786. The van der Waals surface area contributed by atoms with Crippen LogP contribution >= 0.6 is 11.3 Å². The molecule has 0 atom stereocenters. The van der Waals surface area contributed by atoms with E-state index in [1.54, 1.807) is 36.8 Å². The third kappa shape index (κ3) is 3.40. The second-order valence-corrected chi connectivity index (χ2v) is 5.74. The van der Waals surface area contributed by atoms with Crippen LogP contribution in [0.4, 0.5) is 0 Å². The standard InChI is InChI=1S/C18H15NO3S/c1-21-17-10-16(22-12-14-5-2-3-7-19-14)13(11-20)9-15(17)18-6-4-8-23-18/h2-11H,12H2,1H3. The van der Waals surface area contributed by atoms with Gasteiger partial charge in [0.1, 0.15) is 18.1 Å². The molecule has 0 amide bonds. The van der Waals surface area contributed by atoms with Crippen molar-refractivity contribution in [3.05, 3.63) is 65.3 Å². The molecule has 0 saturated heterocycles. The molecule has 0 N–H and O–H groups in total. The second-order valence-electron chi connectivity index (χ2n) is 4.80. The van der Waals surface area contributed by atoms with Gasteiger partial charge < -0.3 is 9.47 Å². The van der Waals surface area contributed by atoms with Gasteiger partial charge in [0.15, 0.2) is 6.29 Å². The van der Waals surface area contributed by atoms with Gasteiger partial charge in [-0.15, -0.1) is 11.3 Å². The highest BCUT2D eigenvalue weighted by Gasteiger charge is 2.14. The van der Waals surface area contributed by atoms with Crippen molar-refractivity contribution in [1.82, 2.24) is 4.98 Å². The number of hydrogen-bond donors (Lipinski definition) is 0. The van der Waals surface area contributed by atoms with Crippen LogP contribution in [0.25, 0.3) is 10.4 Å². The van der Waals surface area contributed by atoms with Crippen LogP contribution in [0.2, 0.25) is 0 Å². The third-order valence-corrected chi connectivity index (χ3v) is 4.25. The van der Waals surface area contributed by atoms with Gasteiger partial charge >= 0.3 is 0 Å². The second kappa shape index (κ2) is 7.07. The van der Waals surface area contributed by atoms with Crippen LogP contribution in [0.15, 0.2) is 54.0 Å². The number of ether oxygens (including phenoxy) is 2. The first-order chi connectivity index (χ1) is 11.3. The van der Waals surface area contributed by atoms with Crippen LogP contribution in [0.3, 0.4) is 0 Å². The SMILES string of the molecule is COc1cc(OCc2ccccn2)c(C=O)cc1-c1cccs1. The van der Waals surface area contributed by atoms with Gasteiger partial charge in [0.05, 0.1) is 18.4 Å². The molecule has 2 heterocycles. The summed E-state index contributed by atoms with van der Waals surface area (Å²) >= 11 is 1.59. The van der Waals surface area contributed by atoms with E-state index in [9.17, 15) is 4.79 Å². The fourth-order valence-corrected chi connectivity index (χ4v) is 2.97. The molecule has 4 nitrogen and oxygen atoms in total. The number of carbonyl (C=O) groups is 1. The minimum atomic E-state index is 0.295. The highest BCUT2D eigenvalue weighted by atomic mass is 32.1. The van der Waals surface area contributed by atoms with Crippen molar-refractivity contribution < 1.29 is 14.3 Å². The average molecular weight is 325 g/mol. The summed E-state index contributed by atoms with van der Waals surface area (Å²) in [4.78, 5) is 16.7. The lowest BCUT2D eigenvalue weighted by Gasteiger charge is -2.13. The first-order valence-corrected chi connectivity index (χ1v) is 7.93. The van der Waals surface area contributed by atoms with Crippen molar-refractivity contribution >= 4 is 17.6 Å². The molecule has 23 heavy (non-hydrogen) atoms. The van der Waals surface area contributed by atoms with E-state index in [4.69, 9.17) is 9.47 Å². The Morgan fingerprint density at radius 3 is 2.74 bits per heavy atom. The highest BCUT2D eigenvalue weighted by molar-refractivity contribution is 7.13. The Morgan fingerprint density at radius 1 is 1.17 bits per heavy atom. The molecule has 0 bridgehead atoms. The fourth-order valence-electron chi connectivity index (χ4n) is 2.22. The van der Waals surface area contributed by atoms with Crippen molar-refractivity contribution in [2.24, 2.45) is 0 Å². The van der Waals surface area contributed by atoms with Crippen LogP contribution in [0, 0.1) is 0 Å². The quantitative estimate of drug-likeness (QED) is 0.637. The lowest BCUT2D eigenvalue weighted by molar-refractivity contribution is 0.111. The van der Waals surface area contributed by atoms with Gasteiger partial charge in [-0.05, 0) is 29.6 Å². The minimum absolute atomic E-state index is 0.295. The summed E-state index contributed by atoms with van der Waals surface area (Å²) in [6.07, 6.45) is 2.50. The largest absolute Gasteiger partial charge is 0.496 e. The number of aldehydes is 1. The predicted octanol–water partition coefficient (Wildman–Crippen LogP) is 4.21. The molecule has 0 aliphatic rings. The zero-order valence-corrected chi connectivity index (χ0v) is 13.4. The number of thiophene rings is 1. The molecule has 3 rings (SSSR count). The van der Waals surface area contributed by atoms with Gasteiger partial charge in [0.2, 0.25) is 0 Å². The number of nitrogens with zero attached hydrogens (tertiary/aromatic N) is 1. The molecule has 116 valence electrons. The Morgan fingerprint density at radius 2 is 2.09 bits per heavy atom. The number of methoxy groups -OCH3 is 1. The molecule has 0 fully saturated rings. The third-order valence-electron chi connectivity index (χ3n) is 3.35. The van der Waals surface area contributed by atoms with Gasteiger partial charge in [-0.1, -0.05) is 12.1 Å². The summed E-state index contributed by atoms with van der Waals surface area (Å²) < 4.78 is 11.2. The lowest BCUT2D eigenvalue weighted by Crippen LogP contribution is -2.01. The van der Waals surface area contributed by atoms with E-state index in [1.807, 2.05) is 35.7 Å². The van der Waals surface area contributed by atoms with Crippen molar-refractivity contribution in [3.63, 3.8) is 0 Å². The predicted molar refractivity (Wildman–Crippen MR) is 90.3 cm³/mol. The maximum Gasteiger partial charge on any atom is 0.153 e. The van der Waals surface area contributed by atoms with Crippen LogP contribution in [0.1, 0.15) is 16.1 Å². The molecular formula is C18H15NO3S. The van der Waals surface area contributed by atoms with Gasteiger partial charge in [-0.3, -0.25) is 9.78 Å². The normalized spacial score (nSPS) is 10.3. The molecule has 1 aromatic carbocycles. The van der Waals surface area contributed by atoms with Crippen molar-refractivity contribution in [2.75, 3.05) is 7.11 Å². The zero-order chi connectivity index (χ0) is 16.1. The number of pyridine rings is 1. The van der Waals surface area contributed by atoms with E-state index in [2.05, 4.69) is 4.98 Å². The summed E-state index contributed by atoms with van der Waals surface area (Å²) in [5, 5.41) is 1.99. The summed E-state index contributed by atoms with van der Waals surface area (Å²) in [5.74, 6) is 1.16. The first kappa shape index (κ1) is 15.2. The number of benzene rings is 1. The first-order valence-electron chi connectivity index (χ1n) is 7.05. The number of aromatic nitrogens is 1. The smallest absolute Gasteiger partial charge is 0.153 e. The van der Waals surface area contributed by atoms with E-state index >= 15 is 0 Å². The molecule has 5 heteroatoms. The molecule has 0 unspecified atom stereocenters. The van der Waals surface area contributed by atoms with Crippen LogP contribution < -0.4 is 9.47 Å². The topological polar surface area (TPSA) is 48.4 Å². The van der Waals surface area contributed by atoms with E-state index in [0.717, 1.165) is 22.4 Å². The Kier molecular flexibility index (Phi) is 4.68. The number of rotatable bonds is 6. The van der Waals surface area contributed by atoms with E-state index in [-0.39, 0.29) is 0 Å². The summed E-state index contributed by atoms with van der Waals surface area (Å²) in [6, 6.07) is 13.1. The molecular weight excluding hydrogens is 310 g/mol. The molecule has 0 saturated carbocycles. The fraction of sp³-hybridized carbons (Fsp3) is 0.111. The molecule has 2 aromatic heterocycles. The maximum absolute atomic E-state index is 11.4. The summed E-state index contributed by atoms with van der Waals surface area (Å²) in [6.45, 7) is 0.295. The molecule has 0 aliphatic heterocycles. The number of hydrogen-bond acceptors (Lipinski definition) is 5. The molecule has 0 spiro atoms. The van der Waals surface area contributed by atoms with Gasteiger partial charge in [0.25, 0.3) is 0 Å². The van der Waals surface area contributed by atoms with Crippen LogP contribution in [-0.2, 0) is 6.61 Å². The summed E-state index contributed by atoms with van der Waals surface area (Å²) in [7, 11) is 1.61. The lowest BCUT2D eigenvalue weighted by atomic mass is 10.1. The van der Waals surface area contributed by atoms with Gasteiger partial charge in [-0.2, -0.15) is 0 Å².